The van der Waals surface area contributed by atoms with E-state index in [-0.39, 0.29) is 18.4 Å². The van der Waals surface area contributed by atoms with Crippen LogP contribution < -0.4 is 4.74 Å². The molecule has 2 aromatic rings. The second-order valence-electron chi connectivity index (χ2n) is 6.45. The smallest absolute Gasteiger partial charge is 0.226 e. The molecule has 4 nitrogen and oxygen atoms in total. The molecule has 2 aromatic carbocycles. The van der Waals surface area contributed by atoms with Crippen molar-refractivity contribution >= 4 is 5.91 Å². The number of carbonyl (C=O) groups excluding carboxylic acids is 1. The number of aliphatic hydroxyl groups is 1. The van der Waals surface area contributed by atoms with E-state index in [2.05, 4.69) is 0 Å². The third kappa shape index (κ3) is 4.60. The minimum Gasteiger partial charge on any atom is -0.497 e. The number of benzene rings is 2. The summed E-state index contributed by atoms with van der Waals surface area (Å²) < 4.78 is 5.27. The lowest BCUT2D eigenvalue weighted by Crippen LogP contribution is -2.38. The van der Waals surface area contributed by atoms with E-state index in [4.69, 9.17) is 4.74 Å². The third-order valence-electron chi connectivity index (χ3n) is 4.60. The van der Waals surface area contributed by atoms with E-state index in [1.807, 2.05) is 68.4 Å². The molecular weight excluding hydrogens is 314 g/mol. The highest BCUT2D eigenvalue weighted by atomic mass is 16.5. The summed E-state index contributed by atoms with van der Waals surface area (Å²) in [6.45, 7) is 6.20. The number of rotatable bonds is 7. The van der Waals surface area contributed by atoms with Crippen molar-refractivity contribution in [1.29, 1.82) is 0 Å². The minimum absolute atomic E-state index is 0.0408. The zero-order chi connectivity index (χ0) is 18.4. The summed E-state index contributed by atoms with van der Waals surface area (Å²) in [7, 11) is 1.63. The molecule has 2 rings (SSSR count). The molecule has 2 unspecified atom stereocenters. The van der Waals surface area contributed by atoms with Gasteiger partial charge < -0.3 is 14.7 Å². The molecule has 1 amide bonds. The molecule has 0 aliphatic heterocycles. The Morgan fingerprint density at radius 3 is 2.48 bits per heavy atom. The van der Waals surface area contributed by atoms with Gasteiger partial charge in [0.25, 0.3) is 0 Å². The molecule has 4 heteroatoms. The zero-order valence-electron chi connectivity index (χ0n) is 15.4. The molecule has 0 aromatic heterocycles. The van der Waals surface area contributed by atoms with Gasteiger partial charge in [-0.15, -0.1) is 0 Å². The van der Waals surface area contributed by atoms with Crippen LogP contribution in [0.1, 0.15) is 44.4 Å². The van der Waals surface area contributed by atoms with Gasteiger partial charge in [-0.1, -0.05) is 42.5 Å². The fourth-order valence-corrected chi connectivity index (χ4v) is 3.04. The Morgan fingerprint density at radius 2 is 1.88 bits per heavy atom. The molecule has 0 aliphatic rings. The lowest BCUT2D eigenvalue weighted by atomic mass is 9.91. The zero-order valence-corrected chi connectivity index (χ0v) is 15.4. The van der Waals surface area contributed by atoms with E-state index < -0.39 is 5.60 Å². The summed E-state index contributed by atoms with van der Waals surface area (Å²) >= 11 is 0. The number of amides is 1. The van der Waals surface area contributed by atoms with Gasteiger partial charge in [0.05, 0.1) is 25.2 Å². The van der Waals surface area contributed by atoms with E-state index in [1.54, 1.807) is 18.9 Å². The first kappa shape index (κ1) is 19.0. The fourth-order valence-electron chi connectivity index (χ4n) is 3.04. The molecule has 0 bridgehead atoms. The predicted octanol–water partition coefficient (Wildman–Crippen LogP) is 3.90. The number of hydrogen-bond donors (Lipinski definition) is 1. The maximum absolute atomic E-state index is 12.9. The first-order valence-electron chi connectivity index (χ1n) is 8.60. The number of carbonyl (C=O) groups is 1. The molecule has 0 radical (unpaired) electrons. The minimum atomic E-state index is -1.19. The van der Waals surface area contributed by atoms with Crippen LogP contribution >= 0.6 is 0 Å². The topological polar surface area (TPSA) is 49.8 Å². The van der Waals surface area contributed by atoms with Crippen molar-refractivity contribution < 1.29 is 14.6 Å². The van der Waals surface area contributed by atoms with Gasteiger partial charge in [-0.05, 0) is 44.0 Å². The SMILES string of the molecule is CCN(C(=O)CC(C)(O)c1ccccc1)C(C)c1cccc(OC)c1. The molecule has 0 heterocycles. The molecule has 0 saturated carbocycles. The van der Waals surface area contributed by atoms with Crippen LogP contribution in [0.15, 0.2) is 54.6 Å². The van der Waals surface area contributed by atoms with Gasteiger partial charge in [0, 0.05) is 6.54 Å². The maximum atomic E-state index is 12.9. The summed E-state index contributed by atoms with van der Waals surface area (Å²) in [5.74, 6) is 0.691. The summed E-state index contributed by atoms with van der Waals surface area (Å²) in [5, 5.41) is 10.8. The average Bonchev–Trinajstić information content (AvgIpc) is 2.62. The van der Waals surface area contributed by atoms with E-state index in [1.165, 1.54) is 0 Å². The summed E-state index contributed by atoms with van der Waals surface area (Å²) in [4.78, 5) is 14.7. The quantitative estimate of drug-likeness (QED) is 0.831. The van der Waals surface area contributed by atoms with Crippen molar-refractivity contribution in [3.63, 3.8) is 0 Å². The lowest BCUT2D eigenvalue weighted by Gasteiger charge is -2.32. The van der Waals surface area contributed by atoms with E-state index in [9.17, 15) is 9.90 Å². The molecule has 1 N–H and O–H groups in total. The van der Waals surface area contributed by atoms with Crippen LogP contribution in [0.3, 0.4) is 0 Å². The van der Waals surface area contributed by atoms with Gasteiger partial charge in [0.15, 0.2) is 0 Å². The average molecular weight is 341 g/mol. The summed E-state index contributed by atoms with van der Waals surface area (Å²) in [6.07, 6.45) is 0.0408. The molecule has 25 heavy (non-hydrogen) atoms. The van der Waals surface area contributed by atoms with Gasteiger partial charge in [-0.3, -0.25) is 4.79 Å². The first-order valence-corrected chi connectivity index (χ1v) is 8.60. The molecule has 0 aliphatic carbocycles. The van der Waals surface area contributed by atoms with Crippen molar-refractivity contribution in [2.45, 2.75) is 38.8 Å². The monoisotopic (exact) mass is 341 g/mol. The van der Waals surface area contributed by atoms with E-state index in [0.717, 1.165) is 16.9 Å². The largest absolute Gasteiger partial charge is 0.497 e. The molecule has 0 saturated heterocycles. The fraction of sp³-hybridized carbons (Fsp3) is 0.381. The normalized spacial score (nSPS) is 14.4. The van der Waals surface area contributed by atoms with Crippen molar-refractivity contribution in [3.05, 3.63) is 65.7 Å². The van der Waals surface area contributed by atoms with Gasteiger partial charge >= 0.3 is 0 Å². The number of nitrogens with zero attached hydrogens (tertiary/aromatic N) is 1. The highest BCUT2D eigenvalue weighted by molar-refractivity contribution is 5.78. The predicted molar refractivity (Wildman–Crippen MR) is 99.4 cm³/mol. The van der Waals surface area contributed by atoms with Crippen LogP contribution in [0.4, 0.5) is 0 Å². The molecule has 0 spiro atoms. The Labute approximate surface area is 150 Å². The molecule has 2 atom stereocenters. The Hall–Kier alpha value is -2.33. The molecular formula is C21H27NO3. The number of hydrogen-bond acceptors (Lipinski definition) is 3. The number of methoxy groups -OCH3 is 1. The second-order valence-corrected chi connectivity index (χ2v) is 6.45. The van der Waals surface area contributed by atoms with E-state index in [0.29, 0.717) is 6.54 Å². The Kier molecular flexibility index (Phi) is 6.21. The molecule has 0 fully saturated rings. The Balaban J connectivity index is 2.17. The van der Waals surface area contributed by atoms with Gasteiger partial charge in [-0.25, -0.2) is 0 Å². The lowest BCUT2D eigenvalue weighted by molar-refractivity contribution is -0.138. The van der Waals surface area contributed by atoms with Crippen molar-refractivity contribution in [1.82, 2.24) is 4.90 Å². The molecule has 134 valence electrons. The first-order chi connectivity index (χ1) is 11.9. The Bertz CT molecular complexity index is 697. The van der Waals surface area contributed by atoms with Crippen molar-refractivity contribution in [2.75, 3.05) is 13.7 Å². The van der Waals surface area contributed by atoms with Crippen LogP contribution in [0.5, 0.6) is 5.75 Å². The van der Waals surface area contributed by atoms with Crippen LogP contribution in [0.2, 0.25) is 0 Å². The highest BCUT2D eigenvalue weighted by Crippen LogP contribution is 2.29. The van der Waals surface area contributed by atoms with Crippen molar-refractivity contribution in [3.8, 4) is 5.75 Å². The van der Waals surface area contributed by atoms with Crippen LogP contribution in [-0.2, 0) is 10.4 Å². The summed E-state index contributed by atoms with van der Waals surface area (Å²) in [5.41, 5.74) is 0.558. The van der Waals surface area contributed by atoms with Gasteiger partial charge in [0.1, 0.15) is 5.75 Å². The van der Waals surface area contributed by atoms with Crippen LogP contribution in [0.25, 0.3) is 0 Å². The highest BCUT2D eigenvalue weighted by Gasteiger charge is 2.30. The summed E-state index contributed by atoms with van der Waals surface area (Å²) in [6, 6.07) is 16.9. The standard InChI is InChI=1S/C21H27NO3/c1-5-22(16(2)17-10-9-13-19(14-17)25-4)20(23)15-21(3,24)18-11-7-6-8-12-18/h6-14,16,24H,5,15H2,1-4H3. The van der Waals surface area contributed by atoms with E-state index >= 15 is 0 Å². The van der Waals surface area contributed by atoms with Gasteiger partial charge in [-0.2, -0.15) is 0 Å². The van der Waals surface area contributed by atoms with Crippen molar-refractivity contribution in [2.24, 2.45) is 0 Å². The van der Waals surface area contributed by atoms with Crippen LogP contribution in [0, 0.1) is 0 Å². The number of ether oxygens (including phenoxy) is 1. The Morgan fingerprint density at radius 1 is 1.20 bits per heavy atom. The maximum Gasteiger partial charge on any atom is 0.226 e. The van der Waals surface area contributed by atoms with Gasteiger partial charge in [0.2, 0.25) is 5.91 Å². The third-order valence-corrected chi connectivity index (χ3v) is 4.60. The van der Waals surface area contributed by atoms with Crippen LogP contribution in [-0.4, -0.2) is 29.6 Å². The second kappa shape index (κ2) is 8.17.